The third-order valence-electron chi connectivity index (χ3n) is 4.10. The SMILES string of the molecule is CS(=O)(=O)c1cccc(C(=O)C2(C#N)CCn3cccc32)c1. The smallest absolute Gasteiger partial charge is 0.189 e. The second kappa shape index (κ2) is 4.82. The molecule has 2 aromatic rings. The molecule has 0 amide bonds. The van der Waals surface area contributed by atoms with Crippen molar-refractivity contribution in [2.75, 3.05) is 6.26 Å². The van der Waals surface area contributed by atoms with Gasteiger partial charge in [0.25, 0.3) is 0 Å². The molecule has 1 unspecified atom stereocenters. The summed E-state index contributed by atoms with van der Waals surface area (Å²) < 4.78 is 25.2. The van der Waals surface area contributed by atoms with Crippen molar-refractivity contribution in [3.63, 3.8) is 0 Å². The first-order valence-corrected chi connectivity index (χ1v) is 8.69. The average Bonchev–Trinajstić information content (AvgIpc) is 3.08. The number of hydrogen-bond acceptors (Lipinski definition) is 4. The molecular weight excluding hydrogens is 300 g/mol. The summed E-state index contributed by atoms with van der Waals surface area (Å²) in [5, 5.41) is 9.64. The van der Waals surface area contributed by atoms with Crippen LogP contribution < -0.4 is 0 Å². The summed E-state index contributed by atoms with van der Waals surface area (Å²) >= 11 is 0. The molecule has 112 valence electrons. The summed E-state index contributed by atoms with van der Waals surface area (Å²) in [6, 6.07) is 11.6. The highest BCUT2D eigenvalue weighted by atomic mass is 32.2. The van der Waals surface area contributed by atoms with E-state index in [1.165, 1.54) is 18.2 Å². The Morgan fingerprint density at radius 2 is 2.09 bits per heavy atom. The maximum Gasteiger partial charge on any atom is 0.189 e. The topological polar surface area (TPSA) is 79.9 Å². The molecule has 3 rings (SSSR count). The van der Waals surface area contributed by atoms with E-state index >= 15 is 0 Å². The van der Waals surface area contributed by atoms with E-state index in [0.29, 0.717) is 18.7 Å². The molecule has 0 fully saturated rings. The van der Waals surface area contributed by atoms with Crippen molar-refractivity contribution in [3.8, 4) is 6.07 Å². The molecule has 1 aliphatic rings. The minimum absolute atomic E-state index is 0.0832. The van der Waals surface area contributed by atoms with Crippen LogP contribution in [0.5, 0.6) is 0 Å². The van der Waals surface area contributed by atoms with Crippen LogP contribution in [0.4, 0.5) is 0 Å². The van der Waals surface area contributed by atoms with Gasteiger partial charge in [-0.15, -0.1) is 0 Å². The molecule has 0 spiro atoms. The number of sulfone groups is 1. The Balaban J connectivity index is 2.11. The zero-order chi connectivity index (χ0) is 16.0. The number of aryl methyl sites for hydroxylation is 1. The maximum atomic E-state index is 12.9. The first kappa shape index (κ1) is 14.5. The van der Waals surface area contributed by atoms with Crippen LogP contribution in [-0.2, 0) is 21.8 Å². The van der Waals surface area contributed by atoms with E-state index in [1.807, 2.05) is 10.8 Å². The second-order valence-electron chi connectivity index (χ2n) is 5.48. The number of aromatic nitrogens is 1. The van der Waals surface area contributed by atoms with Gasteiger partial charge in [-0.05, 0) is 30.7 Å². The van der Waals surface area contributed by atoms with Crippen molar-refractivity contribution in [2.45, 2.75) is 23.3 Å². The number of Topliss-reactive ketones (excluding diaryl/α,β-unsaturated/α-hetero) is 1. The summed E-state index contributed by atoms with van der Waals surface area (Å²) in [7, 11) is -3.40. The first-order valence-electron chi connectivity index (χ1n) is 6.80. The highest BCUT2D eigenvalue weighted by Gasteiger charge is 2.46. The molecule has 0 bridgehead atoms. The summed E-state index contributed by atoms with van der Waals surface area (Å²) in [5.74, 6) is -0.349. The van der Waals surface area contributed by atoms with Gasteiger partial charge in [0.05, 0.1) is 11.0 Å². The predicted molar refractivity (Wildman–Crippen MR) is 80.2 cm³/mol. The Kier molecular flexibility index (Phi) is 3.18. The fourth-order valence-corrected chi connectivity index (χ4v) is 3.59. The normalized spacial score (nSPS) is 20.4. The Bertz CT molecular complexity index is 905. The van der Waals surface area contributed by atoms with Gasteiger partial charge in [0.2, 0.25) is 0 Å². The van der Waals surface area contributed by atoms with Crippen LogP contribution >= 0.6 is 0 Å². The monoisotopic (exact) mass is 314 g/mol. The molecule has 2 heterocycles. The van der Waals surface area contributed by atoms with Crippen LogP contribution in [-0.4, -0.2) is 25.0 Å². The Morgan fingerprint density at radius 3 is 2.77 bits per heavy atom. The molecule has 1 aromatic carbocycles. The second-order valence-corrected chi connectivity index (χ2v) is 7.50. The third-order valence-corrected chi connectivity index (χ3v) is 5.21. The molecular formula is C16H14N2O3S. The van der Waals surface area contributed by atoms with E-state index in [0.717, 1.165) is 6.26 Å². The third kappa shape index (κ3) is 2.06. The molecule has 1 aromatic heterocycles. The largest absolute Gasteiger partial charge is 0.350 e. The summed E-state index contributed by atoms with van der Waals surface area (Å²) in [5.41, 5.74) is -0.316. The standard InChI is InChI=1S/C16H14N2O3S/c1-22(20,21)13-5-2-4-12(10-13)15(19)16(11-17)7-9-18-8-3-6-14(16)18/h2-6,8,10H,7,9H2,1H3. The van der Waals surface area contributed by atoms with Gasteiger partial charge < -0.3 is 4.57 Å². The molecule has 22 heavy (non-hydrogen) atoms. The van der Waals surface area contributed by atoms with E-state index in [9.17, 15) is 18.5 Å². The lowest BCUT2D eigenvalue weighted by molar-refractivity contribution is 0.0921. The van der Waals surface area contributed by atoms with Crippen molar-refractivity contribution in [1.82, 2.24) is 4.57 Å². The molecule has 6 heteroatoms. The highest BCUT2D eigenvalue weighted by molar-refractivity contribution is 7.90. The van der Waals surface area contributed by atoms with Crippen molar-refractivity contribution < 1.29 is 13.2 Å². The van der Waals surface area contributed by atoms with Gasteiger partial charge in [0, 0.05) is 30.3 Å². The zero-order valence-electron chi connectivity index (χ0n) is 12.0. The van der Waals surface area contributed by atoms with Crippen molar-refractivity contribution in [3.05, 3.63) is 53.9 Å². The Labute approximate surface area is 128 Å². The van der Waals surface area contributed by atoms with Gasteiger partial charge in [0.1, 0.15) is 0 Å². The molecule has 1 atom stereocenters. The van der Waals surface area contributed by atoms with E-state index < -0.39 is 15.3 Å². The minimum atomic E-state index is -3.40. The van der Waals surface area contributed by atoms with Gasteiger partial charge >= 0.3 is 0 Å². The van der Waals surface area contributed by atoms with Gasteiger partial charge in [-0.3, -0.25) is 4.79 Å². The van der Waals surface area contributed by atoms with Crippen molar-refractivity contribution in [1.29, 1.82) is 5.26 Å². The number of benzene rings is 1. The number of carbonyl (C=O) groups is 1. The van der Waals surface area contributed by atoms with Crippen LogP contribution in [0.2, 0.25) is 0 Å². The van der Waals surface area contributed by atoms with Crippen LogP contribution in [0, 0.1) is 11.3 Å². The summed E-state index contributed by atoms with van der Waals surface area (Å²) in [4.78, 5) is 13.0. The number of hydrogen-bond donors (Lipinski definition) is 0. The zero-order valence-corrected chi connectivity index (χ0v) is 12.8. The van der Waals surface area contributed by atoms with Gasteiger partial charge in [-0.2, -0.15) is 5.26 Å². The molecule has 0 saturated carbocycles. The number of rotatable bonds is 3. The average molecular weight is 314 g/mol. The number of nitriles is 1. The fraction of sp³-hybridized carbons (Fsp3) is 0.250. The lowest BCUT2D eigenvalue weighted by atomic mass is 9.78. The van der Waals surface area contributed by atoms with Crippen LogP contribution in [0.1, 0.15) is 22.5 Å². The Hall–Kier alpha value is -2.39. The van der Waals surface area contributed by atoms with E-state index in [1.54, 1.807) is 18.2 Å². The van der Waals surface area contributed by atoms with Crippen molar-refractivity contribution in [2.24, 2.45) is 0 Å². The quantitative estimate of drug-likeness (QED) is 0.811. The molecule has 0 aliphatic carbocycles. The Morgan fingerprint density at radius 1 is 1.32 bits per heavy atom. The maximum absolute atomic E-state index is 12.9. The summed E-state index contributed by atoms with van der Waals surface area (Å²) in [6.45, 7) is 0.605. The first-order chi connectivity index (χ1) is 10.4. The lowest BCUT2D eigenvalue weighted by Gasteiger charge is -2.19. The molecule has 1 aliphatic heterocycles. The van der Waals surface area contributed by atoms with E-state index in [4.69, 9.17) is 0 Å². The lowest BCUT2D eigenvalue weighted by Crippen LogP contribution is -2.32. The molecule has 0 N–H and O–H groups in total. The number of ketones is 1. The highest BCUT2D eigenvalue weighted by Crippen LogP contribution is 2.38. The van der Waals surface area contributed by atoms with Gasteiger partial charge in [0.15, 0.2) is 21.0 Å². The summed E-state index contributed by atoms with van der Waals surface area (Å²) in [6.07, 6.45) is 3.34. The fourth-order valence-electron chi connectivity index (χ4n) is 2.92. The van der Waals surface area contributed by atoms with Gasteiger partial charge in [-0.1, -0.05) is 12.1 Å². The van der Waals surface area contributed by atoms with E-state index in [2.05, 4.69) is 6.07 Å². The molecule has 0 radical (unpaired) electrons. The van der Waals surface area contributed by atoms with Crippen LogP contribution in [0.15, 0.2) is 47.5 Å². The predicted octanol–water partition coefficient (Wildman–Crippen LogP) is 1.94. The van der Waals surface area contributed by atoms with Crippen LogP contribution in [0.3, 0.4) is 0 Å². The van der Waals surface area contributed by atoms with Gasteiger partial charge in [-0.25, -0.2) is 8.42 Å². The molecule has 0 saturated heterocycles. The molecule has 5 nitrogen and oxygen atoms in total. The number of fused-ring (bicyclic) bond motifs is 1. The minimum Gasteiger partial charge on any atom is -0.350 e. The van der Waals surface area contributed by atoms with E-state index in [-0.39, 0.29) is 16.2 Å². The van der Waals surface area contributed by atoms with Crippen LogP contribution in [0.25, 0.3) is 0 Å². The number of nitrogens with zero attached hydrogens (tertiary/aromatic N) is 2. The van der Waals surface area contributed by atoms with Crippen molar-refractivity contribution >= 4 is 15.6 Å². The number of carbonyl (C=O) groups excluding carboxylic acids is 1.